The molecule has 1 aromatic heterocycles. The molecule has 1 aromatic rings. The van der Waals surface area contributed by atoms with Crippen molar-refractivity contribution in [2.45, 2.75) is 31.7 Å². The van der Waals surface area contributed by atoms with Gasteiger partial charge in [-0.1, -0.05) is 25.2 Å². The molecule has 0 saturated carbocycles. The Morgan fingerprint density at radius 3 is 2.88 bits per heavy atom. The van der Waals surface area contributed by atoms with E-state index in [0.717, 1.165) is 35.6 Å². The molecule has 137 valence electrons. The molecule has 2 aliphatic rings. The van der Waals surface area contributed by atoms with Crippen LogP contribution >= 0.6 is 23.1 Å². The summed E-state index contributed by atoms with van der Waals surface area (Å²) in [6.07, 6.45) is 2.32. The van der Waals surface area contributed by atoms with Crippen molar-refractivity contribution in [2.75, 3.05) is 17.6 Å². The maximum absolute atomic E-state index is 12.3. The summed E-state index contributed by atoms with van der Waals surface area (Å²) in [4.78, 5) is 42.7. The molecule has 2 atom stereocenters. The van der Waals surface area contributed by atoms with E-state index in [2.05, 4.69) is 22.5 Å². The van der Waals surface area contributed by atoms with Gasteiger partial charge in [0.1, 0.15) is 10.9 Å². The quantitative estimate of drug-likeness (QED) is 0.286. The van der Waals surface area contributed by atoms with E-state index >= 15 is 0 Å². The van der Waals surface area contributed by atoms with E-state index in [1.54, 1.807) is 4.90 Å². The Morgan fingerprint density at radius 1 is 1.46 bits per heavy atom. The summed E-state index contributed by atoms with van der Waals surface area (Å²) in [5, 5.41) is 6.08. The molecule has 10 heteroatoms. The number of thiazole rings is 1. The van der Waals surface area contributed by atoms with Crippen LogP contribution in [0.3, 0.4) is 0 Å². The maximum Gasteiger partial charge on any atom is 0.294 e. The molecule has 1 fully saturated rings. The van der Waals surface area contributed by atoms with Gasteiger partial charge in [0.05, 0.1) is 11.6 Å². The molecule has 1 radical (unpaired) electrons. The zero-order chi connectivity index (χ0) is 18.1. The molecule has 0 aromatic carbocycles. The van der Waals surface area contributed by atoms with Crippen LogP contribution in [0.5, 0.6) is 0 Å². The van der Waals surface area contributed by atoms with Gasteiger partial charge < -0.3 is 15.5 Å². The second kappa shape index (κ2) is 8.86. The third-order valence-corrected chi connectivity index (χ3v) is 6.39. The number of allylic oxidation sites excluding steroid dienone is 1. The van der Waals surface area contributed by atoms with Crippen molar-refractivity contribution in [2.24, 2.45) is 0 Å². The standard InChI is InChI=1S/C16H19N4O3S2.Y/c1-4-5-17-16-18-6-10(25-16)12(21)13(22)19-11-14(23)20-9(3)8(2)7-24-15(11)20;/h6,11,15H,2,4-5,7H2,1,3H3,(H,17,18)(H,19,22);/q-1;. The van der Waals surface area contributed by atoms with E-state index in [1.807, 2.05) is 13.8 Å². The summed E-state index contributed by atoms with van der Waals surface area (Å²) in [5.41, 5.74) is 1.74. The third-order valence-electron chi connectivity index (χ3n) is 4.09. The molecule has 3 rings (SSSR count). The number of carbonyl (C=O) groups excluding carboxylic acids is 3. The first kappa shape index (κ1) is 21.4. The number of rotatable bonds is 6. The molecule has 2 N–H and O–H groups in total. The van der Waals surface area contributed by atoms with Crippen molar-refractivity contribution in [3.8, 4) is 0 Å². The minimum atomic E-state index is -0.772. The molecular formula is C16H19N4O3S2Y-. The second-order valence-electron chi connectivity index (χ2n) is 5.84. The van der Waals surface area contributed by atoms with Crippen LogP contribution in [0.25, 0.3) is 0 Å². The van der Waals surface area contributed by atoms with Crippen LogP contribution in [0.1, 0.15) is 29.9 Å². The fraction of sp³-hybridized carbons (Fsp3) is 0.438. The average Bonchev–Trinajstić information content (AvgIpc) is 3.07. The monoisotopic (exact) mass is 468 g/mol. The van der Waals surface area contributed by atoms with Gasteiger partial charge in [0.15, 0.2) is 5.13 Å². The number of thioether (sulfide) groups is 1. The number of amides is 2. The first-order valence-electron chi connectivity index (χ1n) is 7.95. The van der Waals surface area contributed by atoms with Crippen molar-refractivity contribution in [3.05, 3.63) is 29.3 Å². The average molecular weight is 468 g/mol. The Balaban J connectivity index is 0.00000243. The van der Waals surface area contributed by atoms with Gasteiger partial charge in [-0.15, -0.1) is 17.5 Å². The van der Waals surface area contributed by atoms with Crippen molar-refractivity contribution in [1.29, 1.82) is 0 Å². The molecule has 2 unspecified atom stereocenters. The molecule has 1 saturated heterocycles. The number of carbonyl (C=O) groups is 3. The summed E-state index contributed by atoms with van der Waals surface area (Å²) in [6.45, 7) is 8.54. The molecule has 3 heterocycles. The Hall–Kier alpha value is -0.896. The molecular weight excluding hydrogens is 449 g/mol. The Morgan fingerprint density at radius 2 is 2.19 bits per heavy atom. The summed E-state index contributed by atoms with van der Waals surface area (Å²) < 4.78 is 0. The third kappa shape index (κ3) is 4.00. The Labute approximate surface area is 185 Å². The number of anilines is 1. The number of nitrogens with one attached hydrogen (secondary N) is 2. The van der Waals surface area contributed by atoms with Gasteiger partial charge in [-0.05, 0) is 12.2 Å². The Bertz CT molecular complexity index is 764. The molecule has 7 nitrogen and oxygen atoms in total. The van der Waals surface area contributed by atoms with Crippen LogP contribution in [0.4, 0.5) is 5.13 Å². The van der Waals surface area contributed by atoms with Gasteiger partial charge >= 0.3 is 0 Å². The van der Waals surface area contributed by atoms with E-state index < -0.39 is 17.7 Å². The van der Waals surface area contributed by atoms with Crippen LogP contribution in [0, 0.1) is 6.92 Å². The van der Waals surface area contributed by atoms with Crippen LogP contribution in [0.2, 0.25) is 0 Å². The zero-order valence-electron chi connectivity index (χ0n) is 14.6. The topological polar surface area (TPSA) is 91.4 Å². The fourth-order valence-corrected chi connectivity index (χ4v) is 4.74. The van der Waals surface area contributed by atoms with E-state index in [1.165, 1.54) is 18.0 Å². The summed E-state index contributed by atoms with van der Waals surface area (Å²) in [6, 6.07) is -0.671. The SMILES string of the molecule is [CH2-]C1=C(C)N2C(=O)C(NC(=O)C(=O)c3cnc(NCCC)s3)C2SC1.[Y]. The van der Waals surface area contributed by atoms with Gasteiger partial charge in [-0.2, -0.15) is 5.57 Å². The minimum absolute atomic E-state index is 0. The van der Waals surface area contributed by atoms with Crippen molar-refractivity contribution in [1.82, 2.24) is 15.2 Å². The predicted octanol–water partition coefficient (Wildman–Crippen LogP) is 1.65. The summed E-state index contributed by atoms with van der Waals surface area (Å²) in [7, 11) is 0. The largest absolute Gasteiger partial charge is 0.380 e. The maximum atomic E-state index is 12.3. The first-order valence-corrected chi connectivity index (χ1v) is 9.81. The zero-order valence-corrected chi connectivity index (χ0v) is 19.0. The van der Waals surface area contributed by atoms with Crippen LogP contribution in [-0.2, 0) is 42.3 Å². The summed E-state index contributed by atoms with van der Waals surface area (Å²) in [5.74, 6) is -0.931. The molecule has 0 aliphatic carbocycles. The number of Topliss-reactive ketones (excluding diaryl/α,β-unsaturated/α-hetero) is 1. The van der Waals surface area contributed by atoms with Crippen LogP contribution in [0.15, 0.2) is 17.5 Å². The van der Waals surface area contributed by atoms with Gasteiger partial charge in [0.25, 0.3) is 11.7 Å². The predicted molar refractivity (Wildman–Crippen MR) is 98.3 cm³/mol. The normalized spacial score (nSPS) is 21.5. The van der Waals surface area contributed by atoms with E-state index in [0.29, 0.717) is 10.9 Å². The van der Waals surface area contributed by atoms with E-state index in [-0.39, 0.29) is 48.9 Å². The van der Waals surface area contributed by atoms with Crippen LogP contribution < -0.4 is 10.6 Å². The molecule has 0 bridgehead atoms. The Kier molecular flexibility index (Phi) is 7.30. The number of fused-ring (bicyclic) bond motifs is 1. The molecule has 0 spiro atoms. The van der Waals surface area contributed by atoms with Crippen LogP contribution in [-0.4, -0.2) is 51.2 Å². The smallest absolute Gasteiger partial charge is 0.294 e. The van der Waals surface area contributed by atoms with E-state index in [4.69, 9.17) is 0 Å². The fourth-order valence-electron chi connectivity index (χ4n) is 2.60. The molecule has 2 aliphatic heterocycles. The number of β-lactam (4-membered cyclic amide) rings is 1. The molecule has 2 amide bonds. The van der Waals surface area contributed by atoms with Gasteiger partial charge in [-0.3, -0.25) is 14.4 Å². The van der Waals surface area contributed by atoms with Gasteiger partial charge in [-0.25, -0.2) is 11.9 Å². The first-order chi connectivity index (χ1) is 11.9. The van der Waals surface area contributed by atoms with Gasteiger partial charge in [0.2, 0.25) is 5.91 Å². The number of aromatic nitrogens is 1. The van der Waals surface area contributed by atoms with E-state index in [9.17, 15) is 14.4 Å². The number of hydrogen-bond donors (Lipinski definition) is 2. The number of ketones is 1. The number of hydrogen-bond acceptors (Lipinski definition) is 7. The van der Waals surface area contributed by atoms with Crippen molar-refractivity contribution < 1.29 is 47.1 Å². The van der Waals surface area contributed by atoms with Gasteiger partial charge in [0, 0.05) is 39.3 Å². The summed E-state index contributed by atoms with van der Waals surface area (Å²) >= 11 is 2.68. The van der Waals surface area contributed by atoms with Crippen molar-refractivity contribution >= 4 is 45.8 Å². The number of nitrogens with zero attached hydrogens (tertiary/aromatic N) is 2. The van der Waals surface area contributed by atoms with Crippen molar-refractivity contribution in [3.63, 3.8) is 0 Å². The second-order valence-corrected chi connectivity index (χ2v) is 7.97. The molecule has 26 heavy (non-hydrogen) atoms. The minimum Gasteiger partial charge on any atom is -0.380 e.